The molecule has 0 radical (unpaired) electrons. The Morgan fingerprint density at radius 2 is 1.41 bits per heavy atom. The molecule has 0 aliphatic carbocycles. The van der Waals surface area contributed by atoms with Crippen molar-refractivity contribution in [1.29, 1.82) is 5.26 Å². The summed E-state index contributed by atoms with van der Waals surface area (Å²) in [7, 11) is -3.78. The van der Waals surface area contributed by atoms with E-state index in [4.69, 9.17) is 4.18 Å². The maximum atomic E-state index is 11.6. The first-order valence-corrected chi connectivity index (χ1v) is 8.59. The van der Waals surface area contributed by atoms with E-state index in [9.17, 15) is 13.7 Å². The van der Waals surface area contributed by atoms with Gasteiger partial charge in [0.2, 0.25) is 0 Å². The second-order valence-corrected chi connectivity index (χ2v) is 6.84. The van der Waals surface area contributed by atoms with Crippen molar-refractivity contribution >= 4 is 10.1 Å². The molecule has 2 aromatic carbocycles. The van der Waals surface area contributed by atoms with Gasteiger partial charge in [0.1, 0.15) is 0 Å². The molecule has 0 aliphatic rings. The molecule has 0 amide bonds. The van der Waals surface area contributed by atoms with Gasteiger partial charge >= 0.3 is 0 Å². The van der Waals surface area contributed by atoms with Crippen molar-refractivity contribution in [3.05, 3.63) is 71.8 Å². The van der Waals surface area contributed by atoms with E-state index in [1.807, 2.05) is 66.7 Å². The van der Waals surface area contributed by atoms with Crippen LogP contribution in [0.25, 0.3) is 0 Å². The molecule has 0 fully saturated rings. The van der Waals surface area contributed by atoms with Gasteiger partial charge in [-0.2, -0.15) is 13.7 Å². The molecule has 1 unspecified atom stereocenters. The number of nitrogens with zero attached hydrogens (tertiary/aromatic N) is 1. The van der Waals surface area contributed by atoms with Gasteiger partial charge in [0, 0.05) is 0 Å². The molecule has 5 heteroatoms. The fourth-order valence-electron chi connectivity index (χ4n) is 2.57. The van der Waals surface area contributed by atoms with E-state index in [0.717, 1.165) is 17.4 Å². The van der Waals surface area contributed by atoms with Crippen LogP contribution in [0.5, 0.6) is 0 Å². The normalized spacial score (nSPS) is 14.3. The maximum Gasteiger partial charge on any atom is 0.265 e. The van der Waals surface area contributed by atoms with Crippen molar-refractivity contribution in [3.8, 4) is 6.07 Å². The van der Waals surface area contributed by atoms with E-state index in [0.29, 0.717) is 0 Å². The minimum atomic E-state index is -3.78. The summed E-state index contributed by atoms with van der Waals surface area (Å²) in [6.07, 6.45) is 0.954. The Morgan fingerprint density at radius 3 is 1.73 bits per heavy atom. The zero-order valence-corrected chi connectivity index (χ0v) is 13.2. The van der Waals surface area contributed by atoms with Crippen LogP contribution in [0.2, 0.25) is 0 Å². The number of hydrogen-bond acceptors (Lipinski definition) is 4. The number of nitriles is 1. The molecular weight excluding hydrogens is 298 g/mol. The van der Waals surface area contributed by atoms with Crippen molar-refractivity contribution in [1.82, 2.24) is 0 Å². The predicted molar refractivity (Wildman–Crippen MR) is 84.7 cm³/mol. The third-order valence-corrected chi connectivity index (χ3v) is 4.01. The fraction of sp³-hybridized carbons (Fsp3) is 0.235. The molecule has 0 aliphatic heterocycles. The fourth-order valence-corrected chi connectivity index (χ4v) is 3.33. The highest BCUT2D eigenvalue weighted by Gasteiger charge is 2.41. The molecule has 0 heterocycles. The molecule has 0 aromatic heterocycles. The molecule has 2 rings (SSSR count). The van der Waals surface area contributed by atoms with Crippen LogP contribution in [0.4, 0.5) is 0 Å². The second-order valence-electron chi connectivity index (χ2n) is 5.26. The summed E-state index contributed by atoms with van der Waals surface area (Å²) < 4.78 is 28.4. The van der Waals surface area contributed by atoms with E-state index in [1.165, 1.54) is 6.92 Å². The Labute approximate surface area is 131 Å². The molecule has 0 spiro atoms. The van der Waals surface area contributed by atoms with Gasteiger partial charge in [-0.15, -0.1) is 0 Å². The second kappa shape index (κ2) is 6.30. The molecule has 1 atom stereocenters. The molecule has 0 saturated heterocycles. The molecule has 22 heavy (non-hydrogen) atoms. The number of hydrogen-bond donors (Lipinski definition) is 0. The Hall–Kier alpha value is -2.16. The summed E-state index contributed by atoms with van der Waals surface area (Å²) in [6, 6.07) is 20.6. The first kappa shape index (κ1) is 16.2. The summed E-state index contributed by atoms with van der Waals surface area (Å²) in [6.45, 7) is 1.50. The van der Waals surface area contributed by atoms with Gasteiger partial charge in [-0.05, 0) is 18.1 Å². The number of benzene rings is 2. The lowest BCUT2D eigenvalue weighted by molar-refractivity contribution is 0.139. The largest absolute Gasteiger partial charge is 0.265 e. The van der Waals surface area contributed by atoms with E-state index in [2.05, 4.69) is 0 Å². The summed E-state index contributed by atoms with van der Waals surface area (Å²) in [5.41, 5.74) is 0.110. The van der Waals surface area contributed by atoms with Crippen molar-refractivity contribution in [3.63, 3.8) is 0 Å². The SMILES string of the molecule is CC(C#N)(OS(C)(=O)=O)C(c1ccccc1)c1ccccc1. The summed E-state index contributed by atoms with van der Waals surface area (Å²) in [5, 5.41) is 9.60. The molecule has 0 saturated carbocycles. The molecule has 2 aromatic rings. The van der Waals surface area contributed by atoms with Crippen LogP contribution < -0.4 is 0 Å². The summed E-state index contributed by atoms with van der Waals surface area (Å²) >= 11 is 0. The molecule has 4 nitrogen and oxygen atoms in total. The summed E-state index contributed by atoms with van der Waals surface area (Å²) in [4.78, 5) is 0. The zero-order valence-electron chi connectivity index (χ0n) is 12.4. The van der Waals surface area contributed by atoms with Gasteiger partial charge in [-0.1, -0.05) is 60.7 Å². The minimum Gasteiger partial charge on any atom is -0.248 e. The standard InChI is InChI=1S/C17H17NO3S/c1-17(13-18,21-22(2,19)20)16(14-9-5-3-6-10-14)15-11-7-4-8-12-15/h3-12,16H,1-2H3. The van der Waals surface area contributed by atoms with E-state index < -0.39 is 21.6 Å². The van der Waals surface area contributed by atoms with Gasteiger partial charge < -0.3 is 0 Å². The lowest BCUT2D eigenvalue weighted by Gasteiger charge is -2.31. The average molecular weight is 315 g/mol. The zero-order chi connectivity index (χ0) is 16.2. The van der Waals surface area contributed by atoms with Crippen LogP contribution in [0.1, 0.15) is 24.0 Å². The Balaban J connectivity index is 2.61. The van der Waals surface area contributed by atoms with Crippen molar-refractivity contribution in [2.75, 3.05) is 6.26 Å². The highest BCUT2D eigenvalue weighted by molar-refractivity contribution is 7.86. The molecule has 0 N–H and O–H groups in total. The number of rotatable bonds is 5. The predicted octanol–water partition coefficient (Wildman–Crippen LogP) is 3.08. The van der Waals surface area contributed by atoms with E-state index in [1.54, 1.807) is 0 Å². The highest BCUT2D eigenvalue weighted by Crippen LogP contribution is 2.37. The minimum absolute atomic E-state index is 0.519. The van der Waals surface area contributed by atoms with E-state index >= 15 is 0 Å². The smallest absolute Gasteiger partial charge is 0.248 e. The van der Waals surface area contributed by atoms with Crippen molar-refractivity contribution < 1.29 is 12.6 Å². The van der Waals surface area contributed by atoms with Gasteiger partial charge in [0.05, 0.1) is 18.2 Å². The van der Waals surface area contributed by atoms with Crippen LogP contribution in [-0.2, 0) is 14.3 Å². The van der Waals surface area contributed by atoms with E-state index in [-0.39, 0.29) is 0 Å². The van der Waals surface area contributed by atoms with Crippen LogP contribution in [0.3, 0.4) is 0 Å². The van der Waals surface area contributed by atoms with Crippen molar-refractivity contribution in [2.45, 2.75) is 18.4 Å². The van der Waals surface area contributed by atoms with Gasteiger partial charge in [-0.3, -0.25) is 0 Å². The van der Waals surface area contributed by atoms with Crippen LogP contribution in [0.15, 0.2) is 60.7 Å². The quantitative estimate of drug-likeness (QED) is 0.795. The van der Waals surface area contributed by atoms with Crippen LogP contribution in [-0.4, -0.2) is 20.3 Å². The molecule has 0 bridgehead atoms. The summed E-state index contributed by atoms with van der Waals surface area (Å²) in [5.74, 6) is -0.519. The van der Waals surface area contributed by atoms with Gasteiger partial charge in [0.25, 0.3) is 10.1 Å². The van der Waals surface area contributed by atoms with Crippen LogP contribution in [0, 0.1) is 11.3 Å². The Kier molecular flexibility index (Phi) is 4.65. The Morgan fingerprint density at radius 1 is 1.00 bits per heavy atom. The maximum absolute atomic E-state index is 11.6. The third-order valence-electron chi connectivity index (χ3n) is 3.36. The molecular formula is C17H17NO3S. The third kappa shape index (κ3) is 3.73. The highest BCUT2D eigenvalue weighted by atomic mass is 32.2. The average Bonchev–Trinajstić information content (AvgIpc) is 2.48. The van der Waals surface area contributed by atoms with Gasteiger partial charge in [-0.25, -0.2) is 4.18 Å². The van der Waals surface area contributed by atoms with Crippen molar-refractivity contribution in [2.24, 2.45) is 0 Å². The lowest BCUT2D eigenvalue weighted by atomic mass is 9.79. The Bertz CT molecular complexity index is 727. The lowest BCUT2D eigenvalue weighted by Crippen LogP contribution is -2.37. The van der Waals surface area contributed by atoms with Gasteiger partial charge in [0.15, 0.2) is 5.60 Å². The first-order valence-electron chi connectivity index (χ1n) is 6.77. The first-order chi connectivity index (χ1) is 10.4. The molecule has 114 valence electrons. The monoisotopic (exact) mass is 315 g/mol. The topological polar surface area (TPSA) is 67.2 Å². The van der Waals surface area contributed by atoms with Crippen LogP contribution >= 0.6 is 0 Å².